The van der Waals surface area contributed by atoms with E-state index in [1.165, 1.54) is 0 Å². The van der Waals surface area contributed by atoms with Crippen LogP contribution in [0.5, 0.6) is 0 Å². The SMILES string of the molecule is CCOC(=O)/C(CCCC(=O)O)=N/Nc1n[nH]c(C(F)(F)F)n1. The zero-order chi connectivity index (χ0) is 17.5. The van der Waals surface area contributed by atoms with E-state index in [-0.39, 0.29) is 31.6 Å². The number of aliphatic carboxylic acids is 1. The molecule has 0 radical (unpaired) electrons. The number of carboxylic acid groups (broad SMARTS) is 1. The number of carboxylic acids is 1. The fourth-order valence-corrected chi connectivity index (χ4v) is 1.38. The van der Waals surface area contributed by atoms with Gasteiger partial charge in [0.2, 0.25) is 5.82 Å². The molecule has 1 heterocycles. The predicted molar refractivity (Wildman–Crippen MR) is 70.6 cm³/mol. The summed E-state index contributed by atoms with van der Waals surface area (Å²) in [6.07, 6.45) is -4.81. The normalized spacial score (nSPS) is 12.1. The fraction of sp³-hybridized carbons (Fsp3) is 0.545. The molecule has 0 aliphatic carbocycles. The highest BCUT2D eigenvalue weighted by atomic mass is 19.4. The van der Waals surface area contributed by atoms with Crippen molar-refractivity contribution >= 4 is 23.6 Å². The molecule has 12 heteroatoms. The Kier molecular flexibility index (Phi) is 6.48. The number of carbonyl (C=O) groups is 2. The molecule has 1 aromatic rings. The zero-order valence-electron chi connectivity index (χ0n) is 12.0. The molecule has 0 aliphatic heterocycles. The van der Waals surface area contributed by atoms with E-state index in [4.69, 9.17) is 9.84 Å². The second-order valence-electron chi connectivity index (χ2n) is 4.14. The van der Waals surface area contributed by atoms with Gasteiger partial charge in [-0.05, 0) is 19.8 Å². The molecule has 0 saturated carbocycles. The number of alkyl halides is 3. The van der Waals surface area contributed by atoms with Crippen molar-refractivity contribution in [2.24, 2.45) is 5.10 Å². The van der Waals surface area contributed by atoms with E-state index in [1.807, 2.05) is 0 Å². The Hall–Kier alpha value is -2.66. The van der Waals surface area contributed by atoms with Gasteiger partial charge < -0.3 is 9.84 Å². The minimum Gasteiger partial charge on any atom is -0.481 e. The third-order valence-electron chi connectivity index (χ3n) is 2.36. The van der Waals surface area contributed by atoms with Crippen LogP contribution in [0.2, 0.25) is 0 Å². The number of esters is 1. The van der Waals surface area contributed by atoms with Crippen LogP contribution < -0.4 is 5.43 Å². The van der Waals surface area contributed by atoms with Gasteiger partial charge in [-0.2, -0.15) is 23.3 Å². The maximum absolute atomic E-state index is 12.3. The van der Waals surface area contributed by atoms with E-state index < -0.39 is 29.9 Å². The molecule has 1 rings (SSSR count). The van der Waals surface area contributed by atoms with Crippen LogP contribution in [0.25, 0.3) is 0 Å². The van der Waals surface area contributed by atoms with Crippen LogP contribution in [0.3, 0.4) is 0 Å². The highest BCUT2D eigenvalue weighted by Crippen LogP contribution is 2.26. The van der Waals surface area contributed by atoms with Crippen LogP contribution in [-0.4, -0.2) is 44.5 Å². The molecular formula is C11H14F3N5O4. The predicted octanol–water partition coefficient (Wildman–Crippen LogP) is 1.41. The monoisotopic (exact) mass is 337 g/mol. The summed E-state index contributed by atoms with van der Waals surface area (Å²) >= 11 is 0. The Labute approximate surface area is 127 Å². The average Bonchev–Trinajstić information content (AvgIpc) is 2.91. The van der Waals surface area contributed by atoms with Gasteiger partial charge in [0.25, 0.3) is 5.95 Å². The number of rotatable bonds is 8. The number of hydrogen-bond acceptors (Lipinski definition) is 7. The van der Waals surface area contributed by atoms with Crippen molar-refractivity contribution in [2.45, 2.75) is 32.4 Å². The van der Waals surface area contributed by atoms with E-state index in [0.717, 1.165) is 0 Å². The molecule has 0 atom stereocenters. The second-order valence-corrected chi connectivity index (χ2v) is 4.14. The van der Waals surface area contributed by atoms with Crippen molar-refractivity contribution in [3.63, 3.8) is 0 Å². The zero-order valence-corrected chi connectivity index (χ0v) is 12.0. The van der Waals surface area contributed by atoms with E-state index in [2.05, 4.69) is 20.6 Å². The lowest BCUT2D eigenvalue weighted by Gasteiger charge is -2.05. The number of nitrogens with zero attached hydrogens (tertiary/aromatic N) is 3. The molecule has 0 amide bonds. The first-order valence-corrected chi connectivity index (χ1v) is 6.45. The summed E-state index contributed by atoms with van der Waals surface area (Å²) in [6, 6.07) is 0. The minimum atomic E-state index is -4.69. The molecule has 0 spiro atoms. The number of aromatic amines is 1. The summed E-state index contributed by atoms with van der Waals surface area (Å²) in [4.78, 5) is 25.2. The van der Waals surface area contributed by atoms with Crippen molar-refractivity contribution in [1.29, 1.82) is 0 Å². The Morgan fingerprint density at radius 1 is 1.39 bits per heavy atom. The molecule has 0 aromatic carbocycles. The number of hydrogen-bond donors (Lipinski definition) is 3. The number of H-pyrrole nitrogens is 1. The molecule has 1 aromatic heterocycles. The van der Waals surface area contributed by atoms with Crippen LogP contribution in [0.15, 0.2) is 5.10 Å². The number of carbonyl (C=O) groups excluding carboxylic acids is 1. The molecule has 23 heavy (non-hydrogen) atoms. The maximum atomic E-state index is 12.3. The largest absolute Gasteiger partial charge is 0.481 e. The molecule has 0 bridgehead atoms. The third kappa shape index (κ3) is 6.32. The molecule has 9 nitrogen and oxygen atoms in total. The molecule has 0 fully saturated rings. The Morgan fingerprint density at radius 2 is 2.09 bits per heavy atom. The number of anilines is 1. The Balaban J connectivity index is 2.76. The van der Waals surface area contributed by atoms with Gasteiger partial charge in [-0.3, -0.25) is 9.89 Å². The van der Waals surface area contributed by atoms with Gasteiger partial charge in [0.1, 0.15) is 5.71 Å². The van der Waals surface area contributed by atoms with E-state index >= 15 is 0 Å². The van der Waals surface area contributed by atoms with Gasteiger partial charge in [-0.15, -0.1) is 5.10 Å². The topological polar surface area (TPSA) is 130 Å². The molecule has 128 valence electrons. The fourth-order valence-electron chi connectivity index (χ4n) is 1.38. The quantitative estimate of drug-likeness (QED) is 0.371. The smallest absolute Gasteiger partial charge is 0.451 e. The van der Waals surface area contributed by atoms with Crippen LogP contribution in [0.4, 0.5) is 19.1 Å². The van der Waals surface area contributed by atoms with Gasteiger partial charge in [0, 0.05) is 6.42 Å². The van der Waals surface area contributed by atoms with Gasteiger partial charge in [-0.1, -0.05) is 0 Å². The first-order chi connectivity index (χ1) is 10.7. The molecule has 0 saturated heterocycles. The summed E-state index contributed by atoms with van der Waals surface area (Å²) in [6.45, 7) is 1.63. The van der Waals surface area contributed by atoms with Crippen molar-refractivity contribution in [2.75, 3.05) is 12.0 Å². The van der Waals surface area contributed by atoms with Gasteiger partial charge >= 0.3 is 18.1 Å². The highest BCUT2D eigenvalue weighted by molar-refractivity contribution is 6.36. The van der Waals surface area contributed by atoms with Crippen LogP contribution in [-0.2, 0) is 20.5 Å². The lowest BCUT2D eigenvalue weighted by Crippen LogP contribution is -2.19. The number of nitrogens with one attached hydrogen (secondary N) is 2. The molecule has 0 unspecified atom stereocenters. The maximum Gasteiger partial charge on any atom is 0.451 e. The lowest BCUT2D eigenvalue weighted by molar-refractivity contribution is -0.144. The van der Waals surface area contributed by atoms with Gasteiger partial charge in [0.15, 0.2) is 0 Å². The average molecular weight is 337 g/mol. The van der Waals surface area contributed by atoms with Crippen LogP contribution in [0.1, 0.15) is 32.0 Å². The van der Waals surface area contributed by atoms with E-state index in [9.17, 15) is 22.8 Å². The molecule has 3 N–H and O–H groups in total. The Bertz CT molecular complexity index is 584. The summed E-state index contributed by atoms with van der Waals surface area (Å²) in [5.41, 5.74) is 1.93. The van der Waals surface area contributed by atoms with Crippen molar-refractivity contribution in [1.82, 2.24) is 15.2 Å². The molecule has 0 aliphatic rings. The number of aromatic nitrogens is 3. The number of hydrazone groups is 1. The van der Waals surface area contributed by atoms with Crippen molar-refractivity contribution in [3.8, 4) is 0 Å². The first kappa shape index (κ1) is 18.4. The highest BCUT2D eigenvalue weighted by Gasteiger charge is 2.35. The van der Waals surface area contributed by atoms with Crippen molar-refractivity contribution in [3.05, 3.63) is 5.82 Å². The summed E-state index contributed by atoms with van der Waals surface area (Å²) in [5.74, 6) is -3.67. The van der Waals surface area contributed by atoms with Crippen LogP contribution in [0, 0.1) is 0 Å². The standard InChI is InChI=1S/C11H14F3N5O4/c1-2-23-8(22)6(4-3-5-7(20)21)16-18-10-15-9(17-19-10)11(12,13)14/h2-5H2,1H3,(H,20,21)(H2,15,17,18,19)/b16-6+. The summed E-state index contributed by atoms with van der Waals surface area (Å²) in [7, 11) is 0. The van der Waals surface area contributed by atoms with E-state index in [1.54, 1.807) is 12.0 Å². The third-order valence-corrected chi connectivity index (χ3v) is 2.36. The summed E-state index contributed by atoms with van der Waals surface area (Å²) in [5, 5.41) is 17.1. The van der Waals surface area contributed by atoms with E-state index in [0.29, 0.717) is 0 Å². The van der Waals surface area contributed by atoms with Gasteiger partial charge in [-0.25, -0.2) is 10.2 Å². The minimum absolute atomic E-state index is 0.0331. The lowest BCUT2D eigenvalue weighted by atomic mass is 10.1. The van der Waals surface area contributed by atoms with Crippen LogP contribution >= 0.6 is 0 Å². The summed E-state index contributed by atoms with van der Waals surface area (Å²) < 4.78 is 41.8. The molecular weight excluding hydrogens is 323 g/mol. The van der Waals surface area contributed by atoms with Crippen molar-refractivity contribution < 1.29 is 32.6 Å². The Morgan fingerprint density at radius 3 is 2.61 bits per heavy atom. The number of ether oxygens (including phenoxy) is 1. The second kappa shape index (κ2) is 8.10. The first-order valence-electron chi connectivity index (χ1n) is 6.45. The van der Waals surface area contributed by atoms with Gasteiger partial charge in [0.05, 0.1) is 6.61 Å². The number of halogens is 3.